The van der Waals surface area contributed by atoms with Crippen molar-refractivity contribution >= 4 is 0 Å². The van der Waals surface area contributed by atoms with E-state index in [0.29, 0.717) is 17.1 Å². The minimum absolute atomic E-state index is 0.0563. The lowest BCUT2D eigenvalue weighted by Gasteiger charge is -2.37. The third-order valence-corrected chi connectivity index (χ3v) is 4.18. The summed E-state index contributed by atoms with van der Waals surface area (Å²) in [4.78, 5) is 0. The van der Waals surface area contributed by atoms with E-state index in [9.17, 15) is 18.3 Å². The molecule has 3 nitrogen and oxygen atoms in total. The molecule has 21 heavy (non-hydrogen) atoms. The molecular formula is C15H19F3O3. The summed E-state index contributed by atoms with van der Waals surface area (Å²) in [5.41, 5.74) is -0.813. The zero-order chi connectivity index (χ0) is 15.7. The van der Waals surface area contributed by atoms with Crippen LogP contribution in [0.4, 0.5) is 13.2 Å². The van der Waals surface area contributed by atoms with E-state index in [2.05, 4.69) is 0 Å². The van der Waals surface area contributed by atoms with Crippen LogP contribution in [-0.4, -0.2) is 25.5 Å². The number of halogens is 3. The molecule has 0 saturated heterocycles. The summed E-state index contributed by atoms with van der Waals surface area (Å²) in [5.74, 6) is -0.338. The zero-order valence-corrected chi connectivity index (χ0v) is 12.0. The molecule has 0 aromatic heterocycles. The van der Waals surface area contributed by atoms with Crippen LogP contribution in [0, 0.1) is 5.92 Å². The Morgan fingerprint density at radius 2 is 1.76 bits per heavy atom. The SMILES string of the molecule is COc1ccc(OC)c(C2(O)CCC(C(F)(F)F)CC2)c1. The molecule has 0 spiro atoms. The largest absolute Gasteiger partial charge is 0.497 e. The Bertz CT molecular complexity index is 491. The van der Waals surface area contributed by atoms with Gasteiger partial charge in [-0.1, -0.05) is 0 Å². The molecule has 0 unspecified atom stereocenters. The second-order valence-corrected chi connectivity index (χ2v) is 5.41. The van der Waals surface area contributed by atoms with Crippen LogP contribution in [0.1, 0.15) is 31.2 Å². The van der Waals surface area contributed by atoms with E-state index in [1.54, 1.807) is 18.2 Å². The van der Waals surface area contributed by atoms with E-state index in [-0.39, 0.29) is 25.7 Å². The van der Waals surface area contributed by atoms with E-state index in [4.69, 9.17) is 9.47 Å². The van der Waals surface area contributed by atoms with Crippen LogP contribution < -0.4 is 9.47 Å². The lowest BCUT2D eigenvalue weighted by molar-refractivity contribution is -0.193. The summed E-state index contributed by atoms with van der Waals surface area (Å²) < 4.78 is 48.5. The minimum atomic E-state index is -4.19. The average molecular weight is 304 g/mol. The van der Waals surface area contributed by atoms with Gasteiger partial charge >= 0.3 is 6.18 Å². The van der Waals surface area contributed by atoms with Crippen LogP contribution in [0.2, 0.25) is 0 Å². The van der Waals surface area contributed by atoms with Crippen molar-refractivity contribution in [3.05, 3.63) is 23.8 Å². The van der Waals surface area contributed by atoms with Crippen molar-refractivity contribution < 1.29 is 27.8 Å². The molecule has 0 heterocycles. The van der Waals surface area contributed by atoms with Crippen molar-refractivity contribution in [3.8, 4) is 11.5 Å². The van der Waals surface area contributed by atoms with Gasteiger partial charge in [0.05, 0.1) is 25.7 Å². The maximum Gasteiger partial charge on any atom is 0.391 e. The highest BCUT2D eigenvalue weighted by atomic mass is 19.4. The van der Waals surface area contributed by atoms with Gasteiger partial charge in [0.25, 0.3) is 0 Å². The summed E-state index contributed by atoms with van der Waals surface area (Å²) in [6, 6.07) is 4.97. The monoisotopic (exact) mass is 304 g/mol. The second kappa shape index (κ2) is 5.75. The first-order valence-corrected chi connectivity index (χ1v) is 6.82. The van der Waals surface area contributed by atoms with Crippen LogP contribution in [0.25, 0.3) is 0 Å². The summed E-state index contributed by atoms with van der Waals surface area (Å²) >= 11 is 0. The van der Waals surface area contributed by atoms with E-state index in [0.717, 1.165) is 0 Å². The Morgan fingerprint density at radius 1 is 1.14 bits per heavy atom. The first kappa shape index (κ1) is 15.9. The van der Waals surface area contributed by atoms with Gasteiger partial charge in [0, 0.05) is 5.56 Å². The van der Waals surface area contributed by atoms with Crippen LogP contribution in [0.3, 0.4) is 0 Å². The Hall–Kier alpha value is -1.43. The first-order chi connectivity index (χ1) is 9.80. The fraction of sp³-hybridized carbons (Fsp3) is 0.600. The Morgan fingerprint density at radius 3 is 2.24 bits per heavy atom. The van der Waals surface area contributed by atoms with Gasteiger partial charge in [-0.25, -0.2) is 0 Å². The number of aliphatic hydroxyl groups is 1. The summed E-state index contributed by atoms with van der Waals surface area (Å²) in [5, 5.41) is 10.8. The second-order valence-electron chi connectivity index (χ2n) is 5.41. The van der Waals surface area contributed by atoms with Gasteiger partial charge in [-0.3, -0.25) is 0 Å². The highest BCUT2D eigenvalue weighted by Gasteiger charge is 2.46. The predicted molar refractivity (Wildman–Crippen MR) is 71.5 cm³/mol. The molecule has 0 aliphatic heterocycles. The Kier molecular flexibility index (Phi) is 4.37. The van der Waals surface area contributed by atoms with Crippen LogP contribution >= 0.6 is 0 Å². The molecule has 1 saturated carbocycles. The number of hydrogen-bond acceptors (Lipinski definition) is 3. The summed E-state index contributed by atoms with van der Waals surface area (Å²) in [6.45, 7) is 0. The first-order valence-electron chi connectivity index (χ1n) is 6.82. The lowest BCUT2D eigenvalue weighted by Crippen LogP contribution is -2.36. The average Bonchev–Trinajstić information content (AvgIpc) is 2.46. The zero-order valence-electron chi connectivity index (χ0n) is 12.0. The molecule has 1 N–H and O–H groups in total. The number of benzene rings is 1. The molecule has 118 valence electrons. The topological polar surface area (TPSA) is 38.7 Å². The fourth-order valence-electron chi connectivity index (χ4n) is 2.87. The van der Waals surface area contributed by atoms with Crippen LogP contribution in [0.15, 0.2) is 18.2 Å². The predicted octanol–water partition coefficient (Wildman–Crippen LogP) is 3.64. The van der Waals surface area contributed by atoms with E-state index >= 15 is 0 Å². The molecule has 0 atom stereocenters. The van der Waals surface area contributed by atoms with Gasteiger partial charge < -0.3 is 14.6 Å². The Labute approximate surface area is 121 Å². The molecular weight excluding hydrogens is 285 g/mol. The molecule has 1 aromatic carbocycles. The molecule has 2 rings (SSSR count). The number of ether oxygens (including phenoxy) is 2. The van der Waals surface area contributed by atoms with Gasteiger partial charge in [-0.2, -0.15) is 13.2 Å². The number of hydrogen-bond donors (Lipinski definition) is 1. The van der Waals surface area contributed by atoms with Gasteiger partial charge in [0.1, 0.15) is 11.5 Å². The van der Waals surface area contributed by atoms with Crippen molar-refractivity contribution in [2.24, 2.45) is 5.92 Å². The summed E-state index contributed by atoms with van der Waals surface area (Å²) in [6.07, 6.45) is -4.25. The van der Waals surface area contributed by atoms with Gasteiger partial charge in [0.2, 0.25) is 0 Å². The molecule has 1 fully saturated rings. The van der Waals surface area contributed by atoms with E-state index < -0.39 is 17.7 Å². The lowest BCUT2D eigenvalue weighted by atomic mass is 9.74. The molecule has 1 aromatic rings. The van der Waals surface area contributed by atoms with Crippen molar-refractivity contribution in [3.63, 3.8) is 0 Å². The highest BCUT2D eigenvalue weighted by molar-refractivity contribution is 5.44. The standard InChI is InChI=1S/C15H19F3O3/c1-20-11-3-4-13(21-2)12(9-11)14(19)7-5-10(6-8-14)15(16,17)18/h3-4,9-10,19H,5-8H2,1-2H3. The third kappa shape index (κ3) is 3.26. The summed E-state index contributed by atoms with van der Waals surface area (Å²) in [7, 11) is 2.96. The minimum Gasteiger partial charge on any atom is -0.497 e. The smallest absolute Gasteiger partial charge is 0.391 e. The van der Waals surface area contributed by atoms with E-state index in [1.807, 2.05) is 0 Å². The van der Waals surface area contributed by atoms with Crippen LogP contribution in [0.5, 0.6) is 11.5 Å². The van der Waals surface area contributed by atoms with Gasteiger partial charge in [0.15, 0.2) is 0 Å². The molecule has 1 aliphatic carbocycles. The Balaban J connectivity index is 2.26. The maximum absolute atomic E-state index is 12.7. The van der Waals surface area contributed by atoms with Crippen molar-refractivity contribution in [1.82, 2.24) is 0 Å². The quantitative estimate of drug-likeness (QED) is 0.926. The van der Waals surface area contributed by atoms with Crippen LogP contribution in [-0.2, 0) is 5.60 Å². The third-order valence-electron chi connectivity index (χ3n) is 4.18. The molecule has 0 amide bonds. The molecule has 0 radical (unpaired) electrons. The van der Waals surface area contributed by atoms with Crippen molar-refractivity contribution in [2.75, 3.05) is 14.2 Å². The van der Waals surface area contributed by atoms with Crippen molar-refractivity contribution in [1.29, 1.82) is 0 Å². The van der Waals surface area contributed by atoms with E-state index in [1.165, 1.54) is 14.2 Å². The maximum atomic E-state index is 12.7. The van der Waals surface area contributed by atoms with Crippen molar-refractivity contribution in [2.45, 2.75) is 37.5 Å². The number of rotatable bonds is 3. The molecule has 1 aliphatic rings. The highest BCUT2D eigenvalue weighted by Crippen LogP contribution is 2.47. The number of alkyl halides is 3. The van der Waals surface area contributed by atoms with Gasteiger partial charge in [-0.05, 0) is 43.9 Å². The molecule has 6 heteroatoms. The van der Waals surface area contributed by atoms with Gasteiger partial charge in [-0.15, -0.1) is 0 Å². The normalized spacial score (nSPS) is 26.5. The molecule has 0 bridgehead atoms. The fourth-order valence-corrected chi connectivity index (χ4v) is 2.87. The number of methoxy groups -OCH3 is 2.